The largest absolute Gasteiger partial charge is 0.242 e. The molecule has 0 saturated carbocycles. The van der Waals surface area contributed by atoms with Crippen molar-refractivity contribution in [2.75, 3.05) is 6.26 Å². The summed E-state index contributed by atoms with van der Waals surface area (Å²) in [6, 6.07) is 5.79. The minimum Gasteiger partial charge on any atom is -0.242 e. The van der Waals surface area contributed by atoms with Crippen LogP contribution in [0.4, 0.5) is 0 Å². The summed E-state index contributed by atoms with van der Waals surface area (Å²) in [5, 5.41) is 12.0. The molecule has 0 radical (unpaired) electrons. The Morgan fingerprint density at radius 1 is 1.35 bits per heavy atom. The van der Waals surface area contributed by atoms with E-state index in [1.807, 2.05) is 12.3 Å². The third kappa shape index (κ3) is 3.73. The number of hydrogen-bond acceptors (Lipinski definition) is 2. The first-order chi connectivity index (χ1) is 7.84. The normalized spacial score (nSPS) is 12.2. The van der Waals surface area contributed by atoms with Crippen LogP contribution in [0, 0.1) is 22.5 Å². The smallest absolute Gasteiger partial charge is 0.132 e. The number of hydrogen-bond donors (Lipinski definition) is 0. The van der Waals surface area contributed by atoms with Crippen molar-refractivity contribution in [2.45, 2.75) is 26.2 Å². The van der Waals surface area contributed by atoms with Crippen LogP contribution in [0.5, 0.6) is 0 Å². The summed E-state index contributed by atoms with van der Waals surface area (Å²) in [5.41, 5.74) is 1.99. The van der Waals surface area contributed by atoms with Gasteiger partial charge in [-0.25, -0.2) is 4.98 Å². The van der Waals surface area contributed by atoms with Gasteiger partial charge in [0.15, 0.2) is 0 Å². The highest BCUT2D eigenvalue weighted by atomic mass is 32.2. The molecule has 1 aromatic rings. The zero-order valence-electron chi connectivity index (χ0n) is 10.7. The lowest BCUT2D eigenvalue weighted by Crippen LogP contribution is -2.14. The number of rotatable bonds is 0. The quantitative estimate of drug-likeness (QED) is 0.520. The van der Waals surface area contributed by atoms with Crippen molar-refractivity contribution >= 4 is 16.4 Å². The van der Waals surface area contributed by atoms with Crippen LogP contribution in [0.1, 0.15) is 37.7 Å². The summed E-state index contributed by atoms with van der Waals surface area (Å²) in [6.45, 7) is 6.26. The van der Waals surface area contributed by atoms with E-state index in [1.165, 1.54) is 0 Å². The Morgan fingerprint density at radius 2 is 2.00 bits per heavy atom. The predicted octanol–water partition coefficient (Wildman–Crippen LogP) is 2.89. The fourth-order valence-electron chi connectivity index (χ4n) is 1.20. The SMILES string of the molecule is C=S(C)C#Cc1nc(C(C)(C)C)ccc1C#N. The summed E-state index contributed by atoms with van der Waals surface area (Å²) >= 11 is 0. The Morgan fingerprint density at radius 3 is 2.47 bits per heavy atom. The molecule has 0 saturated heterocycles. The van der Waals surface area contributed by atoms with Crippen molar-refractivity contribution in [1.29, 1.82) is 5.26 Å². The fraction of sp³-hybridized carbons (Fsp3) is 0.357. The van der Waals surface area contributed by atoms with Crippen molar-refractivity contribution in [1.82, 2.24) is 4.98 Å². The summed E-state index contributed by atoms with van der Waals surface area (Å²) in [5.74, 6) is 6.77. The van der Waals surface area contributed by atoms with Crippen LogP contribution in [0.25, 0.3) is 0 Å². The zero-order valence-corrected chi connectivity index (χ0v) is 11.5. The van der Waals surface area contributed by atoms with Crippen LogP contribution in [-0.2, 0) is 5.41 Å². The van der Waals surface area contributed by atoms with E-state index < -0.39 is 0 Å². The van der Waals surface area contributed by atoms with Crippen molar-refractivity contribution in [3.05, 3.63) is 29.1 Å². The van der Waals surface area contributed by atoms with Gasteiger partial charge in [0, 0.05) is 11.1 Å². The molecule has 0 spiro atoms. The van der Waals surface area contributed by atoms with Gasteiger partial charge in [-0.05, 0) is 29.6 Å². The lowest BCUT2D eigenvalue weighted by Gasteiger charge is -2.17. The molecule has 2 nitrogen and oxygen atoms in total. The first-order valence-electron chi connectivity index (χ1n) is 5.23. The van der Waals surface area contributed by atoms with E-state index in [2.05, 4.69) is 48.9 Å². The van der Waals surface area contributed by atoms with E-state index in [0.717, 1.165) is 5.69 Å². The highest BCUT2D eigenvalue weighted by molar-refractivity contribution is 8.17. The number of nitriles is 1. The molecule has 1 atom stereocenters. The monoisotopic (exact) mass is 244 g/mol. The third-order valence-electron chi connectivity index (χ3n) is 2.13. The second kappa shape index (κ2) is 5.17. The van der Waals surface area contributed by atoms with Gasteiger partial charge < -0.3 is 0 Å². The first kappa shape index (κ1) is 13.5. The summed E-state index contributed by atoms with van der Waals surface area (Å²) in [6.07, 6.45) is 1.94. The molecule has 17 heavy (non-hydrogen) atoms. The molecule has 1 rings (SSSR count). The molecule has 1 aromatic heterocycles. The highest BCUT2D eigenvalue weighted by Gasteiger charge is 2.16. The molecule has 0 aliphatic carbocycles. The van der Waals surface area contributed by atoms with Crippen molar-refractivity contribution in [2.24, 2.45) is 0 Å². The van der Waals surface area contributed by atoms with Gasteiger partial charge in [0.05, 0.1) is 5.56 Å². The molecule has 0 aliphatic rings. The lowest BCUT2D eigenvalue weighted by atomic mass is 9.91. The molecule has 0 amide bonds. The molecule has 0 fully saturated rings. The minimum atomic E-state index is -0.215. The van der Waals surface area contributed by atoms with E-state index >= 15 is 0 Å². The summed E-state index contributed by atoms with van der Waals surface area (Å²) in [4.78, 5) is 4.47. The first-order valence-corrected chi connectivity index (χ1v) is 7.03. The summed E-state index contributed by atoms with van der Waals surface area (Å²) < 4.78 is 0. The molecule has 1 unspecified atom stereocenters. The minimum absolute atomic E-state index is 0.0389. The maximum absolute atomic E-state index is 9.01. The molecule has 88 valence electrons. The topological polar surface area (TPSA) is 36.7 Å². The van der Waals surface area contributed by atoms with Gasteiger partial charge in [-0.1, -0.05) is 26.6 Å². The molecule has 0 aromatic carbocycles. The number of nitrogens with zero attached hydrogens (tertiary/aromatic N) is 2. The van der Waals surface area contributed by atoms with Gasteiger partial charge in [-0.2, -0.15) is 5.26 Å². The van der Waals surface area contributed by atoms with E-state index in [1.54, 1.807) is 6.07 Å². The van der Waals surface area contributed by atoms with Crippen LogP contribution in [0.3, 0.4) is 0 Å². The standard InChI is InChI=1S/C14H16N2S/c1-14(2,3)13-7-6-11(10-15)12(16-13)8-9-17(4)5/h6-7H,4H2,1-3,5H3. The van der Waals surface area contributed by atoms with Gasteiger partial charge in [0.2, 0.25) is 0 Å². The van der Waals surface area contributed by atoms with Crippen LogP contribution in [0.2, 0.25) is 0 Å². The third-order valence-corrected chi connectivity index (χ3v) is 2.58. The Balaban J connectivity index is 3.33. The van der Waals surface area contributed by atoms with Crippen LogP contribution >= 0.6 is 10.5 Å². The fourth-order valence-corrected chi connectivity index (χ4v) is 1.47. The molecular weight excluding hydrogens is 228 g/mol. The van der Waals surface area contributed by atoms with Crippen LogP contribution in [0.15, 0.2) is 12.1 Å². The highest BCUT2D eigenvalue weighted by Crippen LogP contribution is 2.21. The maximum Gasteiger partial charge on any atom is 0.132 e. The van der Waals surface area contributed by atoms with Gasteiger partial charge in [0.25, 0.3) is 0 Å². The second-order valence-corrected chi connectivity index (χ2v) is 6.30. The molecular formula is C14H16N2S. The van der Waals surface area contributed by atoms with Gasteiger partial charge in [-0.15, -0.1) is 10.5 Å². The predicted molar refractivity (Wildman–Crippen MR) is 75.2 cm³/mol. The van der Waals surface area contributed by atoms with Gasteiger partial charge >= 0.3 is 0 Å². The zero-order chi connectivity index (χ0) is 13.1. The Hall–Kier alpha value is -1.58. The average molecular weight is 244 g/mol. The Bertz CT molecular complexity index is 548. The van der Waals surface area contributed by atoms with E-state index in [9.17, 15) is 0 Å². The molecule has 0 bridgehead atoms. The number of pyridine rings is 1. The van der Waals surface area contributed by atoms with Crippen LogP contribution in [-0.4, -0.2) is 17.1 Å². The maximum atomic E-state index is 9.01. The van der Waals surface area contributed by atoms with Gasteiger partial charge in [-0.3, -0.25) is 0 Å². The van der Waals surface area contributed by atoms with Crippen molar-refractivity contribution in [3.63, 3.8) is 0 Å². The number of aromatic nitrogens is 1. The molecule has 0 N–H and O–H groups in total. The van der Waals surface area contributed by atoms with Crippen molar-refractivity contribution in [3.8, 4) is 17.2 Å². The van der Waals surface area contributed by atoms with E-state index in [-0.39, 0.29) is 15.9 Å². The Kier molecular flexibility index (Phi) is 4.10. The van der Waals surface area contributed by atoms with Gasteiger partial charge in [0.1, 0.15) is 11.8 Å². The van der Waals surface area contributed by atoms with E-state index in [4.69, 9.17) is 5.26 Å². The molecule has 3 heteroatoms. The van der Waals surface area contributed by atoms with Crippen LogP contribution < -0.4 is 0 Å². The lowest BCUT2D eigenvalue weighted by molar-refractivity contribution is 0.568. The average Bonchev–Trinajstić information content (AvgIpc) is 2.24. The van der Waals surface area contributed by atoms with E-state index in [0.29, 0.717) is 11.3 Å². The van der Waals surface area contributed by atoms with Crippen molar-refractivity contribution < 1.29 is 0 Å². The summed E-state index contributed by atoms with van der Waals surface area (Å²) in [7, 11) is -0.215. The Labute approximate surface area is 106 Å². The molecule has 0 aliphatic heterocycles. The second-order valence-electron chi connectivity index (χ2n) is 4.82. The molecule has 1 heterocycles.